The van der Waals surface area contributed by atoms with E-state index in [4.69, 9.17) is 15.9 Å². The van der Waals surface area contributed by atoms with Gasteiger partial charge in [0.15, 0.2) is 11.5 Å². The SMILES string of the molecule is C#CCCCNCc1cc(Br)c(OCC)c(OC)c1. The fraction of sp³-hybridized carbons (Fsp3) is 0.467. The van der Waals surface area contributed by atoms with Gasteiger partial charge in [0.1, 0.15) is 0 Å². The number of nitrogens with one attached hydrogen (secondary N) is 1. The Morgan fingerprint density at radius 1 is 1.42 bits per heavy atom. The largest absolute Gasteiger partial charge is 0.493 e. The molecule has 0 unspecified atom stereocenters. The first kappa shape index (κ1) is 15.9. The summed E-state index contributed by atoms with van der Waals surface area (Å²) in [5.41, 5.74) is 1.15. The average molecular weight is 326 g/mol. The van der Waals surface area contributed by atoms with Gasteiger partial charge < -0.3 is 14.8 Å². The summed E-state index contributed by atoms with van der Waals surface area (Å²) in [6.07, 6.45) is 7.01. The molecule has 0 amide bonds. The number of benzene rings is 1. The molecule has 0 spiro atoms. The van der Waals surface area contributed by atoms with E-state index in [9.17, 15) is 0 Å². The maximum absolute atomic E-state index is 5.56. The molecule has 3 nitrogen and oxygen atoms in total. The van der Waals surface area contributed by atoms with Gasteiger partial charge in [0.25, 0.3) is 0 Å². The number of ether oxygens (including phenoxy) is 2. The van der Waals surface area contributed by atoms with Crippen LogP contribution < -0.4 is 14.8 Å². The monoisotopic (exact) mass is 325 g/mol. The van der Waals surface area contributed by atoms with Gasteiger partial charge >= 0.3 is 0 Å². The summed E-state index contributed by atoms with van der Waals surface area (Å²) in [5.74, 6) is 4.13. The lowest BCUT2D eigenvalue weighted by Crippen LogP contribution is -2.14. The van der Waals surface area contributed by atoms with Crippen molar-refractivity contribution < 1.29 is 9.47 Å². The zero-order chi connectivity index (χ0) is 14.1. The minimum absolute atomic E-state index is 0.610. The van der Waals surface area contributed by atoms with Crippen molar-refractivity contribution in [1.29, 1.82) is 0 Å². The Hall–Kier alpha value is -1.18. The van der Waals surface area contributed by atoms with Crippen molar-refractivity contribution in [1.82, 2.24) is 5.32 Å². The summed E-state index contributed by atoms with van der Waals surface area (Å²) in [4.78, 5) is 0. The number of unbranched alkanes of at least 4 members (excludes halogenated alkanes) is 1. The van der Waals surface area contributed by atoms with Crippen LogP contribution in [0.1, 0.15) is 25.3 Å². The van der Waals surface area contributed by atoms with Crippen LogP contribution in [-0.2, 0) is 6.54 Å². The molecule has 0 aliphatic rings. The van der Waals surface area contributed by atoms with Crippen LogP contribution in [0.25, 0.3) is 0 Å². The molecular weight excluding hydrogens is 306 g/mol. The van der Waals surface area contributed by atoms with Crippen LogP contribution in [-0.4, -0.2) is 20.3 Å². The van der Waals surface area contributed by atoms with E-state index >= 15 is 0 Å². The van der Waals surface area contributed by atoms with Crippen molar-refractivity contribution in [2.45, 2.75) is 26.3 Å². The van der Waals surface area contributed by atoms with Crippen molar-refractivity contribution >= 4 is 15.9 Å². The Bertz CT molecular complexity index is 441. The molecule has 0 atom stereocenters. The summed E-state index contributed by atoms with van der Waals surface area (Å²) in [5, 5.41) is 3.35. The molecule has 0 saturated carbocycles. The molecule has 4 heteroatoms. The van der Waals surface area contributed by atoms with E-state index in [0.717, 1.165) is 47.5 Å². The predicted octanol–water partition coefficient (Wildman–Crippen LogP) is 3.36. The Labute approximate surface area is 123 Å². The molecule has 1 N–H and O–H groups in total. The quantitative estimate of drug-likeness (QED) is 0.587. The second kappa shape index (κ2) is 8.84. The van der Waals surface area contributed by atoms with E-state index < -0.39 is 0 Å². The summed E-state index contributed by atoms with van der Waals surface area (Å²) in [7, 11) is 1.65. The fourth-order valence-corrected chi connectivity index (χ4v) is 2.31. The van der Waals surface area contributed by atoms with Crippen molar-refractivity contribution in [2.75, 3.05) is 20.3 Å². The number of halogens is 1. The third-order valence-corrected chi connectivity index (χ3v) is 3.17. The Morgan fingerprint density at radius 3 is 2.84 bits per heavy atom. The first-order valence-electron chi connectivity index (χ1n) is 6.36. The highest BCUT2D eigenvalue weighted by Crippen LogP contribution is 2.36. The second-order valence-corrected chi connectivity index (χ2v) is 4.88. The Morgan fingerprint density at radius 2 is 2.21 bits per heavy atom. The lowest BCUT2D eigenvalue weighted by atomic mass is 10.2. The smallest absolute Gasteiger partial charge is 0.175 e. The molecule has 0 bridgehead atoms. The molecule has 0 aliphatic carbocycles. The second-order valence-electron chi connectivity index (χ2n) is 4.03. The van der Waals surface area contributed by atoms with Crippen LogP contribution in [0, 0.1) is 12.3 Å². The van der Waals surface area contributed by atoms with Crippen LogP contribution in [0.15, 0.2) is 16.6 Å². The van der Waals surface area contributed by atoms with Crippen molar-refractivity contribution in [2.24, 2.45) is 0 Å². The summed E-state index contributed by atoms with van der Waals surface area (Å²) < 4.78 is 11.8. The van der Waals surface area contributed by atoms with E-state index in [2.05, 4.69) is 27.2 Å². The van der Waals surface area contributed by atoms with E-state index in [-0.39, 0.29) is 0 Å². The van der Waals surface area contributed by atoms with Gasteiger partial charge in [-0.15, -0.1) is 12.3 Å². The molecule has 104 valence electrons. The highest BCUT2D eigenvalue weighted by molar-refractivity contribution is 9.10. The fourth-order valence-electron chi connectivity index (χ4n) is 1.71. The Balaban J connectivity index is 2.65. The zero-order valence-electron chi connectivity index (χ0n) is 11.5. The maximum atomic E-state index is 5.56. The van der Waals surface area contributed by atoms with Crippen LogP contribution in [0.2, 0.25) is 0 Å². The first-order valence-corrected chi connectivity index (χ1v) is 7.15. The summed E-state index contributed by atoms with van der Waals surface area (Å²) in [6.45, 7) is 4.26. The first-order chi connectivity index (χ1) is 9.22. The molecular formula is C15H20BrNO2. The molecule has 0 aromatic heterocycles. The molecule has 0 radical (unpaired) electrons. The Kier molecular flexibility index (Phi) is 7.39. The number of hydrogen-bond acceptors (Lipinski definition) is 3. The van der Waals surface area contributed by atoms with Gasteiger partial charge in [-0.1, -0.05) is 0 Å². The molecule has 1 aromatic carbocycles. The van der Waals surface area contributed by atoms with Gasteiger partial charge in [-0.2, -0.15) is 0 Å². The topological polar surface area (TPSA) is 30.5 Å². The zero-order valence-corrected chi connectivity index (χ0v) is 13.0. The average Bonchev–Trinajstić information content (AvgIpc) is 2.41. The van der Waals surface area contributed by atoms with Crippen molar-refractivity contribution in [3.8, 4) is 23.8 Å². The van der Waals surface area contributed by atoms with E-state index in [1.54, 1.807) is 7.11 Å². The third kappa shape index (κ3) is 5.14. The third-order valence-electron chi connectivity index (χ3n) is 2.58. The standard InChI is InChI=1S/C15H20BrNO2/c1-4-6-7-8-17-11-12-9-13(16)15(19-5-2)14(10-12)18-3/h1,9-10,17H,5-8,11H2,2-3H3. The summed E-state index contributed by atoms with van der Waals surface area (Å²) in [6, 6.07) is 4.03. The number of terminal acetylenes is 1. The van der Waals surface area contributed by atoms with Crippen molar-refractivity contribution in [3.63, 3.8) is 0 Å². The van der Waals surface area contributed by atoms with Gasteiger partial charge in [-0.3, -0.25) is 0 Å². The van der Waals surface area contributed by atoms with Crippen LogP contribution in [0.3, 0.4) is 0 Å². The van der Waals surface area contributed by atoms with Gasteiger partial charge in [-0.25, -0.2) is 0 Å². The lowest BCUT2D eigenvalue weighted by Gasteiger charge is -2.13. The predicted molar refractivity (Wildman–Crippen MR) is 81.6 cm³/mol. The molecule has 0 saturated heterocycles. The van der Waals surface area contributed by atoms with Crippen LogP contribution in [0.4, 0.5) is 0 Å². The summed E-state index contributed by atoms with van der Waals surface area (Å²) >= 11 is 3.51. The number of hydrogen-bond donors (Lipinski definition) is 1. The molecule has 0 aliphatic heterocycles. The van der Waals surface area contributed by atoms with Gasteiger partial charge in [0.2, 0.25) is 0 Å². The van der Waals surface area contributed by atoms with Gasteiger partial charge in [-0.05, 0) is 53.5 Å². The highest BCUT2D eigenvalue weighted by Gasteiger charge is 2.10. The highest BCUT2D eigenvalue weighted by atomic mass is 79.9. The van der Waals surface area contributed by atoms with Gasteiger partial charge in [0, 0.05) is 13.0 Å². The van der Waals surface area contributed by atoms with Crippen LogP contribution in [0.5, 0.6) is 11.5 Å². The molecule has 19 heavy (non-hydrogen) atoms. The van der Waals surface area contributed by atoms with Gasteiger partial charge in [0.05, 0.1) is 18.2 Å². The van der Waals surface area contributed by atoms with E-state index in [1.165, 1.54) is 0 Å². The van der Waals surface area contributed by atoms with Crippen molar-refractivity contribution in [3.05, 3.63) is 22.2 Å². The minimum atomic E-state index is 0.610. The molecule has 1 rings (SSSR count). The molecule has 0 heterocycles. The lowest BCUT2D eigenvalue weighted by molar-refractivity contribution is 0.308. The van der Waals surface area contributed by atoms with E-state index in [0.29, 0.717) is 6.61 Å². The number of methoxy groups -OCH3 is 1. The van der Waals surface area contributed by atoms with Crippen LogP contribution >= 0.6 is 15.9 Å². The van der Waals surface area contributed by atoms with E-state index in [1.807, 2.05) is 19.1 Å². The maximum Gasteiger partial charge on any atom is 0.175 e. The molecule has 1 aromatic rings. The minimum Gasteiger partial charge on any atom is -0.493 e. The normalized spacial score (nSPS) is 10.0. The number of rotatable bonds is 8. The molecule has 0 fully saturated rings.